The van der Waals surface area contributed by atoms with Crippen molar-refractivity contribution in [2.45, 2.75) is 30.3 Å². The van der Waals surface area contributed by atoms with E-state index in [1.54, 1.807) is 0 Å². The standard InChI is InChI=1S/C19H17F3N2O5S/c1-29-15-10-9-12(24-17(25)7-4-8-18(24)26)11-16(15)30(27,28)23-14-6-3-2-5-13(14)19(20,21)22/h2-3,5-6,9-11,23H,4,7-8H2,1H3. The summed E-state index contributed by atoms with van der Waals surface area (Å²) in [6.45, 7) is 0. The molecule has 2 amide bonds. The van der Waals surface area contributed by atoms with E-state index in [9.17, 15) is 31.2 Å². The average Bonchev–Trinajstić information content (AvgIpc) is 2.67. The van der Waals surface area contributed by atoms with Crippen LogP contribution in [0.5, 0.6) is 5.75 Å². The third-order valence-electron chi connectivity index (χ3n) is 4.45. The third-order valence-corrected chi connectivity index (χ3v) is 5.84. The normalized spacial score (nSPS) is 15.3. The summed E-state index contributed by atoms with van der Waals surface area (Å²) in [6.07, 6.45) is -4.14. The quantitative estimate of drug-likeness (QED) is 0.715. The molecule has 0 unspecified atom stereocenters. The highest BCUT2D eigenvalue weighted by molar-refractivity contribution is 7.92. The summed E-state index contributed by atoms with van der Waals surface area (Å²) >= 11 is 0. The monoisotopic (exact) mass is 442 g/mol. The van der Waals surface area contributed by atoms with Crippen LogP contribution < -0.4 is 14.4 Å². The van der Waals surface area contributed by atoms with Crippen LogP contribution in [0.25, 0.3) is 0 Å². The van der Waals surface area contributed by atoms with Gasteiger partial charge in [-0.3, -0.25) is 19.2 Å². The molecular weight excluding hydrogens is 425 g/mol. The molecule has 2 aromatic carbocycles. The number of carbonyl (C=O) groups excluding carboxylic acids is 2. The average molecular weight is 442 g/mol. The highest BCUT2D eigenvalue weighted by atomic mass is 32.2. The summed E-state index contributed by atoms with van der Waals surface area (Å²) in [6, 6.07) is 7.71. The zero-order valence-corrected chi connectivity index (χ0v) is 16.5. The van der Waals surface area contributed by atoms with Crippen LogP contribution in [0.1, 0.15) is 24.8 Å². The third kappa shape index (κ3) is 4.25. The van der Waals surface area contributed by atoms with E-state index >= 15 is 0 Å². The van der Waals surface area contributed by atoms with E-state index in [1.165, 1.54) is 25.3 Å². The number of hydrogen-bond acceptors (Lipinski definition) is 5. The topological polar surface area (TPSA) is 92.8 Å². The van der Waals surface area contributed by atoms with Gasteiger partial charge >= 0.3 is 6.18 Å². The maximum atomic E-state index is 13.2. The smallest absolute Gasteiger partial charge is 0.418 e. The van der Waals surface area contributed by atoms with Crippen LogP contribution in [-0.2, 0) is 25.8 Å². The van der Waals surface area contributed by atoms with Crippen molar-refractivity contribution in [1.82, 2.24) is 0 Å². The zero-order valence-electron chi connectivity index (χ0n) is 15.7. The first kappa shape index (κ1) is 21.6. The number of sulfonamides is 1. The van der Waals surface area contributed by atoms with Gasteiger partial charge in [-0.25, -0.2) is 8.42 Å². The molecule has 30 heavy (non-hydrogen) atoms. The lowest BCUT2D eigenvalue weighted by Crippen LogP contribution is -2.40. The summed E-state index contributed by atoms with van der Waals surface area (Å²) in [5.41, 5.74) is -1.83. The van der Waals surface area contributed by atoms with Crippen molar-refractivity contribution >= 4 is 33.2 Å². The van der Waals surface area contributed by atoms with Gasteiger partial charge in [-0.15, -0.1) is 0 Å². The first-order valence-electron chi connectivity index (χ1n) is 8.77. The number of para-hydroxylation sites is 1. The van der Waals surface area contributed by atoms with Crippen molar-refractivity contribution in [3.05, 3.63) is 48.0 Å². The number of nitrogens with one attached hydrogen (secondary N) is 1. The zero-order chi connectivity index (χ0) is 22.1. The van der Waals surface area contributed by atoms with Crippen molar-refractivity contribution in [3.63, 3.8) is 0 Å². The van der Waals surface area contributed by atoms with Gasteiger partial charge in [-0.05, 0) is 36.8 Å². The van der Waals surface area contributed by atoms with Gasteiger partial charge in [0.15, 0.2) is 0 Å². The molecule has 0 spiro atoms. The van der Waals surface area contributed by atoms with Crippen LogP contribution in [0.3, 0.4) is 0 Å². The predicted octanol–water partition coefficient (Wildman–Crippen LogP) is 3.56. The van der Waals surface area contributed by atoms with Gasteiger partial charge in [0.2, 0.25) is 11.8 Å². The Bertz CT molecular complexity index is 1080. The molecule has 1 N–H and O–H groups in total. The van der Waals surface area contributed by atoms with Crippen molar-refractivity contribution in [3.8, 4) is 5.75 Å². The summed E-state index contributed by atoms with van der Waals surface area (Å²) < 4.78 is 72.4. The number of carbonyl (C=O) groups is 2. The van der Waals surface area contributed by atoms with Crippen molar-refractivity contribution < 1.29 is 35.9 Å². The Morgan fingerprint density at radius 2 is 1.67 bits per heavy atom. The van der Waals surface area contributed by atoms with Gasteiger partial charge in [0.1, 0.15) is 10.6 Å². The second-order valence-electron chi connectivity index (χ2n) is 6.46. The summed E-state index contributed by atoms with van der Waals surface area (Å²) in [4.78, 5) is 24.7. The Hall–Kier alpha value is -3.08. The van der Waals surface area contributed by atoms with Gasteiger partial charge in [0, 0.05) is 12.8 Å². The minimum Gasteiger partial charge on any atom is -0.495 e. The molecule has 160 valence electrons. The molecule has 1 fully saturated rings. The number of anilines is 2. The Morgan fingerprint density at radius 1 is 1.03 bits per heavy atom. The first-order chi connectivity index (χ1) is 14.0. The summed E-state index contributed by atoms with van der Waals surface area (Å²) in [7, 11) is -3.37. The fourth-order valence-electron chi connectivity index (χ4n) is 3.08. The van der Waals surface area contributed by atoms with Crippen LogP contribution in [0.4, 0.5) is 24.5 Å². The molecule has 1 aliphatic rings. The van der Waals surface area contributed by atoms with Crippen molar-refractivity contribution in [2.75, 3.05) is 16.7 Å². The molecule has 0 aliphatic carbocycles. The molecule has 0 atom stereocenters. The van der Waals surface area contributed by atoms with Gasteiger partial charge in [-0.1, -0.05) is 12.1 Å². The van der Waals surface area contributed by atoms with E-state index in [0.29, 0.717) is 6.42 Å². The SMILES string of the molecule is COc1ccc(N2C(=O)CCCC2=O)cc1S(=O)(=O)Nc1ccccc1C(F)(F)F. The van der Waals surface area contributed by atoms with E-state index in [1.807, 2.05) is 4.72 Å². The van der Waals surface area contributed by atoms with Gasteiger partial charge in [-0.2, -0.15) is 13.2 Å². The number of ether oxygens (including phenoxy) is 1. The van der Waals surface area contributed by atoms with Crippen LogP contribution in [0.15, 0.2) is 47.4 Å². The van der Waals surface area contributed by atoms with Crippen LogP contribution in [-0.4, -0.2) is 27.3 Å². The largest absolute Gasteiger partial charge is 0.495 e. The molecule has 0 saturated carbocycles. The van der Waals surface area contributed by atoms with E-state index < -0.39 is 44.2 Å². The molecule has 0 radical (unpaired) electrons. The Morgan fingerprint density at radius 3 is 2.27 bits per heavy atom. The molecule has 1 aliphatic heterocycles. The molecule has 0 bridgehead atoms. The molecule has 0 aromatic heterocycles. The molecule has 2 aromatic rings. The van der Waals surface area contributed by atoms with Crippen LogP contribution in [0.2, 0.25) is 0 Å². The minimum absolute atomic E-state index is 0.00465. The lowest BCUT2D eigenvalue weighted by Gasteiger charge is -2.25. The van der Waals surface area contributed by atoms with Crippen molar-refractivity contribution in [2.24, 2.45) is 0 Å². The summed E-state index contributed by atoms with van der Waals surface area (Å²) in [5.74, 6) is -1.14. The number of piperidine rings is 1. The number of methoxy groups -OCH3 is 1. The second kappa shape index (κ2) is 7.98. The maximum Gasteiger partial charge on any atom is 0.418 e. The van der Waals surface area contributed by atoms with Crippen LogP contribution >= 0.6 is 0 Å². The Labute approximate surface area is 170 Å². The Balaban J connectivity index is 2.06. The molecule has 1 heterocycles. The number of halogens is 3. The van der Waals surface area contributed by atoms with E-state index in [4.69, 9.17) is 4.74 Å². The second-order valence-corrected chi connectivity index (χ2v) is 8.11. The van der Waals surface area contributed by atoms with E-state index in [0.717, 1.165) is 29.2 Å². The highest BCUT2D eigenvalue weighted by Gasteiger charge is 2.35. The van der Waals surface area contributed by atoms with Crippen LogP contribution in [0, 0.1) is 0 Å². The summed E-state index contributed by atoms with van der Waals surface area (Å²) in [5, 5.41) is 0. The number of amides is 2. The van der Waals surface area contributed by atoms with Gasteiger partial charge < -0.3 is 4.74 Å². The molecule has 11 heteroatoms. The number of rotatable bonds is 5. The van der Waals surface area contributed by atoms with Gasteiger partial charge in [0.05, 0.1) is 24.0 Å². The van der Waals surface area contributed by atoms with Crippen molar-refractivity contribution in [1.29, 1.82) is 0 Å². The highest BCUT2D eigenvalue weighted by Crippen LogP contribution is 2.37. The lowest BCUT2D eigenvalue weighted by atomic mass is 10.1. The van der Waals surface area contributed by atoms with Gasteiger partial charge in [0.25, 0.3) is 10.0 Å². The van der Waals surface area contributed by atoms with E-state index in [2.05, 4.69) is 0 Å². The fourth-order valence-corrected chi connectivity index (χ4v) is 4.34. The lowest BCUT2D eigenvalue weighted by molar-refractivity contribution is -0.137. The molecule has 7 nitrogen and oxygen atoms in total. The predicted molar refractivity (Wildman–Crippen MR) is 102 cm³/mol. The minimum atomic E-state index is -4.78. The number of benzene rings is 2. The number of hydrogen-bond donors (Lipinski definition) is 1. The number of imide groups is 1. The molecular formula is C19H17F3N2O5S. The maximum absolute atomic E-state index is 13.2. The first-order valence-corrected chi connectivity index (χ1v) is 10.3. The number of alkyl halides is 3. The fraction of sp³-hybridized carbons (Fsp3) is 0.263. The molecule has 3 rings (SSSR count). The Kier molecular flexibility index (Phi) is 5.75. The molecule has 1 saturated heterocycles. The van der Waals surface area contributed by atoms with E-state index in [-0.39, 0.29) is 24.3 Å². The number of nitrogens with zero attached hydrogens (tertiary/aromatic N) is 1.